The Bertz CT molecular complexity index is 224. The van der Waals surface area contributed by atoms with Gasteiger partial charge < -0.3 is 5.11 Å². The van der Waals surface area contributed by atoms with Crippen molar-refractivity contribution in [2.45, 2.75) is 38.9 Å². The summed E-state index contributed by atoms with van der Waals surface area (Å²) < 4.78 is 1.12. The van der Waals surface area contributed by atoms with Crippen molar-refractivity contribution in [1.82, 2.24) is 4.90 Å². The Morgan fingerprint density at radius 1 is 1.38 bits per heavy atom. The maximum absolute atomic E-state index is 11.8. The number of hydrogen-bond acceptors (Lipinski definition) is 3. The molecule has 1 N–H and O–H groups in total. The first-order valence-corrected chi connectivity index (χ1v) is 4.66. The molecule has 1 rings (SSSR count). The Morgan fingerprint density at radius 2 is 1.92 bits per heavy atom. The summed E-state index contributed by atoms with van der Waals surface area (Å²) in [5, 5.41) is 8.85. The summed E-state index contributed by atoms with van der Waals surface area (Å²) in [6.07, 6.45) is 0. The van der Waals surface area contributed by atoms with E-state index in [1.165, 1.54) is 0 Å². The lowest BCUT2D eigenvalue weighted by Crippen LogP contribution is -2.45. The number of nitroso groups, excluding NO2 is 1. The van der Waals surface area contributed by atoms with Crippen LogP contribution in [0.3, 0.4) is 0 Å². The van der Waals surface area contributed by atoms with Crippen LogP contribution in [0.2, 0.25) is 0 Å². The summed E-state index contributed by atoms with van der Waals surface area (Å²) >= 11 is 0. The van der Waals surface area contributed by atoms with Gasteiger partial charge in [0.1, 0.15) is 0 Å². The second-order valence-electron chi connectivity index (χ2n) is 4.75. The zero-order valence-corrected chi connectivity index (χ0v) is 8.87. The SMILES string of the molecule is CC1(C)CN(CCO)C(C)(C)[N+]1=O. The molecule has 1 heterocycles. The van der Waals surface area contributed by atoms with Gasteiger partial charge in [0.05, 0.1) is 13.2 Å². The van der Waals surface area contributed by atoms with Crippen LogP contribution in [0.4, 0.5) is 0 Å². The predicted molar refractivity (Wildman–Crippen MR) is 50.4 cm³/mol. The van der Waals surface area contributed by atoms with Crippen LogP contribution in [0, 0.1) is 4.91 Å². The number of β-amino-alcohol motifs (C(OH)–C–C–N with tert-alkyl or cyclic N) is 1. The standard InChI is InChI=1S/C9H19N2O2/c1-8(2)7-10(5-6-12)9(3,4)11(8)13/h12H,5-7H2,1-4H3/q+1. The van der Waals surface area contributed by atoms with Crippen molar-refractivity contribution in [3.63, 3.8) is 0 Å². The average Bonchev–Trinajstić information content (AvgIpc) is 2.14. The van der Waals surface area contributed by atoms with E-state index in [1.54, 1.807) is 0 Å². The molecule has 13 heavy (non-hydrogen) atoms. The monoisotopic (exact) mass is 187 g/mol. The van der Waals surface area contributed by atoms with E-state index in [4.69, 9.17) is 5.11 Å². The van der Waals surface area contributed by atoms with Gasteiger partial charge in [0.15, 0.2) is 0 Å². The minimum absolute atomic E-state index is 0.105. The molecule has 0 aliphatic carbocycles. The van der Waals surface area contributed by atoms with Gasteiger partial charge in [-0.3, -0.25) is 0 Å². The van der Waals surface area contributed by atoms with Gasteiger partial charge in [0, 0.05) is 43.9 Å². The number of aliphatic hydroxyl groups excluding tert-OH is 1. The lowest BCUT2D eigenvalue weighted by atomic mass is 10.1. The molecule has 0 saturated carbocycles. The fourth-order valence-electron chi connectivity index (χ4n) is 2.07. The number of aliphatic hydroxyl groups is 1. The van der Waals surface area contributed by atoms with Crippen molar-refractivity contribution < 1.29 is 9.87 Å². The van der Waals surface area contributed by atoms with Gasteiger partial charge in [-0.25, -0.2) is 4.90 Å². The predicted octanol–water partition coefficient (Wildman–Crippen LogP) is 0.588. The Balaban J connectivity index is 2.87. The van der Waals surface area contributed by atoms with E-state index in [0.717, 1.165) is 4.76 Å². The first-order chi connectivity index (χ1) is 5.82. The summed E-state index contributed by atoms with van der Waals surface area (Å²) in [5.74, 6) is 0. The Kier molecular flexibility index (Phi) is 2.47. The molecule has 0 aromatic heterocycles. The number of hydrogen-bond donors (Lipinski definition) is 1. The molecule has 76 valence electrons. The maximum Gasteiger partial charge on any atom is 0.262 e. The third-order valence-electron chi connectivity index (χ3n) is 2.77. The smallest absolute Gasteiger partial charge is 0.262 e. The maximum atomic E-state index is 11.8. The zero-order chi connectivity index (χ0) is 10.3. The van der Waals surface area contributed by atoms with Crippen LogP contribution >= 0.6 is 0 Å². The van der Waals surface area contributed by atoms with Crippen molar-refractivity contribution in [1.29, 1.82) is 0 Å². The summed E-state index contributed by atoms with van der Waals surface area (Å²) in [6, 6.07) is 0. The first-order valence-electron chi connectivity index (χ1n) is 4.66. The van der Waals surface area contributed by atoms with Crippen molar-refractivity contribution in [3.05, 3.63) is 4.91 Å². The van der Waals surface area contributed by atoms with Crippen molar-refractivity contribution >= 4 is 0 Å². The van der Waals surface area contributed by atoms with Crippen molar-refractivity contribution in [2.24, 2.45) is 0 Å². The molecule has 4 nitrogen and oxygen atoms in total. The lowest BCUT2D eigenvalue weighted by Gasteiger charge is -2.21. The van der Waals surface area contributed by atoms with Gasteiger partial charge in [0.25, 0.3) is 5.66 Å². The molecule has 4 heteroatoms. The van der Waals surface area contributed by atoms with Gasteiger partial charge in [0.2, 0.25) is 5.54 Å². The summed E-state index contributed by atoms with van der Waals surface area (Å²) in [4.78, 5) is 13.8. The second-order valence-corrected chi connectivity index (χ2v) is 4.75. The average molecular weight is 187 g/mol. The minimum atomic E-state index is -0.494. The van der Waals surface area contributed by atoms with Crippen molar-refractivity contribution in [3.8, 4) is 0 Å². The molecule has 0 aromatic rings. The van der Waals surface area contributed by atoms with Crippen LogP contribution in [0.1, 0.15) is 27.7 Å². The highest BCUT2D eigenvalue weighted by Gasteiger charge is 2.58. The molecule has 1 aliphatic heterocycles. The number of rotatable bonds is 2. The molecule has 0 bridgehead atoms. The normalized spacial score (nSPS) is 26.7. The van der Waals surface area contributed by atoms with E-state index in [9.17, 15) is 4.91 Å². The second kappa shape index (κ2) is 3.03. The van der Waals surface area contributed by atoms with Gasteiger partial charge in [-0.2, -0.15) is 0 Å². The molecule has 0 unspecified atom stereocenters. The third-order valence-corrected chi connectivity index (χ3v) is 2.77. The summed E-state index contributed by atoms with van der Waals surface area (Å²) in [6.45, 7) is 9.03. The molecule has 0 spiro atoms. The molecule has 0 atom stereocenters. The summed E-state index contributed by atoms with van der Waals surface area (Å²) in [5.41, 5.74) is -0.842. The fraction of sp³-hybridized carbons (Fsp3) is 1.00. The van der Waals surface area contributed by atoms with E-state index in [-0.39, 0.29) is 12.1 Å². The van der Waals surface area contributed by atoms with Crippen LogP contribution in [0.15, 0.2) is 0 Å². The Labute approximate surface area is 79.1 Å². The van der Waals surface area contributed by atoms with Crippen LogP contribution in [0.25, 0.3) is 0 Å². The quantitative estimate of drug-likeness (QED) is 0.643. The molecule has 1 fully saturated rings. The van der Waals surface area contributed by atoms with Gasteiger partial charge in [-0.05, 0) is 0 Å². The van der Waals surface area contributed by atoms with Crippen molar-refractivity contribution in [2.75, 3.05) is 19.7 Å². The van der Waals surface area contributed by atoms with Gasteiger partial charge in [-0.1, -0.05) is 0 Å². The van der Waals surface area contributed by atoms with E-state index in [1.807, 2.05) is 32.6 Å². The Hall–Kier alpha value is -0.480. The third kappa shape index (κ3) is 1.60. The zero-order valence-electron chi connectivity index (χ0n) is 8.87. The highest BCUT2D eigenvalue weighted by molar-refractivity contribution is 4.87. The fourth-order valence-corrected chi connectivity index (χ4v) is 2.07. The van der Waals surface area contributed by atoms with E-state index in [2.05, 4.69) is 0 Å². The van der Waals surface area contributed by atoms with Crippen LogP contribution in [-0.2, 0) is 0 Å². The van der Waals surface area contributed by atoms with Crippen LogP contribution < -0.4 is 0 Å². The number of nitrogens with zero attached hydrogens (tertiary/aromatic N) is 2. The highest BCUT2D eigenvalue weighted by Crippen LogP contribution is 2.31. The van der Waals surface area contributed by atoms with Crippen LogP contribution in [0.5, 0.6) is 0 Å². The summed E-state index contributed by atoms with van der Waals surface area (Å²) in [7, 11) is 0. The lowest BCUT2D eigenvalue weighted by molar-refractivity contribution is -0.667. The van der Waals surface area contributed by atoms with Crippen LogP contribution in [-0.4, -0.2) is 45.7 Å². The van der Waals surface area contributed by atoms with E-state index >= 15 is 0 Å². The van der Waals surface area contributed by atoms with E-state index < -0.39 is 5.66 Å². The topological polar surface area (TPSA) is 43.5 Å². The highest BCUT2D eigenvalue weighted by atomic mass is 16.3. The molecule has 0 amide bonds. The molecule has 0 radical (unpaired) electrons. The first kappa shape index (κ1) is 10.6. The van der Waals surface area contributed by atoms with E-state index in [0.29, 0.717) is 13.1 Å². The minimum Gasteiger partial charge on any atom is -0.395 e. The molecular formula is C9H19N2O2+. The molecular weight excluding hydrogens is 168 g/mol. The Morgan fingerprint density at radius 3 is 2.23 bits per heavy atom. The van der Waals surface area contributed by atoms with Gasteiger partial charge in [-0.15, -0.1) is 0 Å². The largest absolute Gasteiger partial charge is 0.395 e. The molecule has 1 saturated heterocycles. The molecule has 0 aromatic carbocycles. The molecule has 1 aliphatic rings. The van der Waals surface area contributed by atoms with Gasteiger partial charge >= 0.3 is 0 Å².